The van der Waals surface area contributed by atoms with Gasteiger partial charge in [-0.2, -0.15) is 5.10 Å². The number of hydrogen-bond donors (Lipinski definition) is 0. The Morgan fingerprint density at radius 2 is 2.18 bits per heavy atom. The highest BCUT2D eigenvalue weighted by Gasteiger charge is 2.10. The molecule has 0 aliphatic heterocycles. The number of halogens is 1. The van der Waals surface area contributed by atoms with Crippen LogP contribution in [0, 0.1) is 17.4 Å². The number of benzene rings is 1. The maximum atomic E-state index is 12.1. The molecular formula is C13H13IN2O. The second-order valence-electron chi connectivity index (χ2n) is 4.10. The number of hydrogen-bond acceptors (Lipinski definition) is 2. The third-order valence-electron chi connectivity index (χ3n) is 2.60. The van der Waals surface area contributed by atoms with Gasteiger partial charge in [0, 0.05) is 11.8 Å². The Morgan fingerprint density at radius 3 is 2.82 bits per heavy atom. The van der Waals surface area contributed by atoms with Crippen LogP contribution < -0.4 is 0 Å². The third kappa shape index (κ3) is 2.94. The van der Waals surface area contributed by atoms with Crippen LogP contribution in [0.15, 0.2) is 30.6 Å². The van der Waals surface area contributed by atoms with Gasteiger partial charge in [-0.1, -0.05) is 17.7 Å². The summed E-state index contributed by atoms with van der Waals surface area (Å²) in [5.74, 6) is 0.103. The number of Topliss-reactive ketones (excluding diaryl/α,β-unsaturated/α-hetero) is 1. The Balaban J connectivity index is 2.22. The van der Waals surface area contributed by atoms with Gasteiger partial charge < -0.3 is 0 Å². The molecule has 0 saturated heterocycles. The molecule has 0 spiro atoms. The number of ketones is 1. The van der Waals surface area contributed by atoms with E-state index < -0.39 is 0 Å². The van der Waals surface area contributed by atoms with Crippen molar-refractivity contribution < 1.29 is 4.79 Å². The van der Waals surface area contributed by atoms with Crippen LogP contribution in [-0.2, 0) is 6.54 Å². The molecule has 0 N–H and O–H groups in total. The van der Waals surface area contributed by atoms with E-state index in [1.807, 2.05) is 38.2 Å². The molecule has 17 heavy (non-hydrogen) atoms. The molecule has 2 rings (SSSR count). The monoisotopic (exact) mass is 340 g/mol. The van der Waals surface area contributed by atoms with E-state index in [0.29, 0.717) is 6.54 Å². The number of carbonyl (C=O) groups excluding carboxylic acids is 1. The fraction of sp³-hybridized carbons (Fsp3) is 0.231. The number of nitrogens with zero attached hydrogens (tertiary/aromatic N) is 2. The summed E-state index contributed by atoms with van der Waals surface area (Å²) in [6.45, 7) is 4.25. The predicted octanol–water partition coefficient (Wildman–Crippen LogP) is 2.99. The number of aryl methyl sites for hydroxylation is 2. The molecule has 0 unspecified atom stereocenters. The molecule has 0 fully saturated rings. The summed E-state index contributed by atoms with van der Waals surface area (Å²) in [6.07, 6.45) is 3.61. The molecule has 1 aromatic heterocycles. The van der Waals surface area contributed by atoms with Crippen LogP contribution >= 0.6 is 22.6 Å². The summed E-state index contributed by atoms with van der Waals surface area (Å²) in [5, 5.41) is 4.12. The average Bonchev–Trinajstić information content (AvgIpc) is 2.67. The molecule has 0 atom stereocenters. The zero-order valence-electron chi connectivity index (χ0n) is 9.77. The van der Waals surface area contributed by atoms with Crippen molar-refractivity contribution in [2.75, 3.05) is 0 Å². The highest BCUT2D eigenvalue weighted by molar-refractivity contribution is 14.1. The number of carbonyl (C=O) groups is 1. The highest BCUT2D eigenvalue weighted by Crippen LogP contribution is 2.12. The molecular weight excluding hydrogens is 327 g/mol. The SMILES string of the molecule is Cc1ccc(C)c(C(=O)Cn2cc(I)cn2)c1. The van der Waals surface area contributed by atoms with E-state index in [1.165, 1.54) is 0 Å². The first-order valence-corrected chi connectivity index (χ1v) is 6.42. The summed E-state index contributed by atoms with van der Waals surface area (Å²) in [6, 6.07) is 5.94. The van der Waals surface area contributed by atoms with Gasteiger partial charge in [-0.3, -0.25) is 9.48 Å². The fourth-order valence-corrected chi connectivity index (χ4v) is 2.14. The van der Waals surface area contributed by atoms with E-state index in [4.69, 9.17) is 0 Å². The zero-order chi connectivity index (χ0) is 12.4. The molecule has 1 aromatic carbocycles. The Morgan fingerprint density at radius 1 is 1.41 bits per heavy atom. The van der Waals surface area contributed by atoms with Crippen LogP contribution in [0.4, 0.5) is 0 Å². The fourth-order valence-electron chi connectivity index (χ4n) is 1.69. The second kappa shape index (κ2) is 5.00. The van der Waals surface area contributed by atoms with Gasteiger partial charge in [0.05, 0.1) is 9.77 Å². The molecule has 1 heterocycles. The quantitative estimate of drug-likeness (QED) is 0.636. The van der Waals surface area contributed by atoms with Gasteiger partial charge in [-0.25, -0.2) is 0 Å². The van der Waals surface area contributed by atoms with E-state index >= 15 is 0 Å². The lowest BCUT2D eigenvalue weighted by molar-refractivity contribution is 0.0967. The summed E-state index contributed by atoms with van der Waals surface area (Å²) in [5.41, 5.74) is 2.91. The maximum Gasteiger partial charge on any atom is 0.184 e. The lowest BCUT2D eigenvalue weighted by Gasteiger charge is -2.06. The Bertz CT molecular complexity index is 560. The van der Waals surface area contributed by atoms with Crippen molar-refractivity contribution in [3.05, 3.63) is 50.9 Å². The van der Waals surface area contributed by atoms with Gasteiger partial charge in [0.15, 0.2) is 5.78 Å². The van der Waals surface area contributed by atoms with Gasteiger partial charge in [0.1, 0.15) is 6.54 Å². The molecule has 3 nitrogen and oxygen atoms in total. The van der Waals surface area contributed by atoms with Gasteiger partial charge in [-0.15, -0.1) is 0 Å². The van der Waals surface area contributed by atoms with Crippen LogP contribution in [0.1, 0.15) is 21.5 Å². The van der Waals surface area contributed by atoms with Crippen molar-refractivity contribution in [1.29, 1.82) is 0 Å². The van der Waals surface area contributed by atoms with Gasteiger partial charge in [0.2, 0.25) is 0 Å². The van der Waals surface area contributed by atoms with E-state index in [2.05, 4.69) is 27.7 Å². The maximum absolute atomic E-state index is 12.1. The summed E-state index contributed by atoms with van der Waals surface area (Å²) < 4.78 is 2.71. The van der Waals surface area contributed by atoms with Crippen LogP contribution in [-0.4, -0.2) is 15.6 Å². The van der Waals surface area contributed by atoms with Crippen molar-refractivity contribution in [2.24, 2.45) is 0 Å². The number of aromatic nitrogens is 2. The molecule has 4 heteroatoms. The Kier molecular flexibility index (Phi) is 3.61. The van der Waals surface area contributed by atoms with Gasteiger partial charge in [0.25, 0.3) is 0 Å². The van der Waals surface area contributed by atoms with Gasteiger partial charge >= 0.3 is 0 Å². The first-order chi connectivity index (χ1) is 8.06. The molecule has 2 aromatic rings. The average molecular weight is 340 g/mol. The smallest absolute Gasteiger partial charge is 0.184 e. The van der Waals surface area contributed by atoms with Crippen molar-refractivity contribution in [1.82, 2.24) is 9.78 Å². The van der Waals surface area contributed by atoms with Crippen molar-refractivity contribution >= 4 is 28.4 Å². The summed E-state index contributed by atoms with van der Waals surface area (Å²) >= 11 is 2.18. The van der Waals surface area contributed by atoms with E-state index in [-0.39, 0.29) is 5.78 Å². The normalized spacial score (nSPS) is 10.5. The summed E-state index contributed by atoms with van der Waals surface area (Å²) in [7, 11) is 0. The first kappa shape index (κ1) is 12.3. The molecule has 0 radical (unpaired) electrons. The Labute approximate surface area is 114 Å². The first-order valence-electron chi connectivity index (χ1n) is 5.34. The molecule has 0 aliphatic rings. The van der Waals surface area contributed by atoms with Crippen LogP contribution in [0.5, 0.6) is 0 Å². The predicted molar refractivity (Wildman–Crippen MR) is 75.2 cm³/mol. The largest absolute Gasteiger partial charge is 0.292 e. The van der Waals surface area contributed by atoms with E-state index in [0.717, 1.165) is 20.3 Å². The molecule has 0 aliphatic carbocycles. The third-order valence-corrected chi connectivity index (χ3v) is 3.16. The van der Waals surface area contributed by atoms with Crippen molar-refractivity contribution in [3.63, 3.8) is 0 Å². The highest BCUT2D eigenvalue weighted by atomic mass is 127. The standard InChI is InChI=1S/C13H13IN2O/c1-9-3-4-10(2)12(5-9)13(17)8-16-7-11(14)6-15-16/h3-7H,8H2,1-2H3. The van der Waals surface area contributed by atoms with Crippen molar-refractivity contribution in [2.45, 2.75) is 20.4 Å². The lowest BCUT2D eigenvalue weighted by atomic mass is 10.0. The van der Waals surface area contributed by atoms with Crippen LogP contribution in [0.3, 0.4) is 0 Å². The Hall–Kier alpha value is -1.17. The van der Waals surface area contributed by atoms with Crippen LogP contribution in [0.2, 0.25) is 0 Å². The zero-order valence-corrected chi connectivity index (χ0v) is 11.9. The summed E-state index contributed by atoms with van der Waals surface area (Å²) in [4.78, 5) is 12.1. The second-order valence-corrected chi connectivity index (χ2v) is 5.34. The minimum absolute atomic E-state index is 0.103. The minimum atomic E-state index is 0.103. The van der Waals surface area contributed by atoms with Gasteiger partial charge in [-0.05, 0) is 48.1 Å². The van der Waals surface area contributed by atoms with E-state index in [1.54, 1.807) is 10.9 Å². The van der Waals surface area contributed by atoms with Crippen molar-refractivity contribution in [3.8, 4) is 0 Å². The van der Waals surface area contributed by atoms with E-state index in [9.17, 15) is 4.79 Å². The van der Waals surface area contributed by atoms with Crippen LogP contribution in [0.25, 0.3) is 0 Å². The molecule has 0 saturated carbocycles. The number of rotatable bonds is 3. The molecule has 88 valence electrons. The lowest BCUT2D eigenvalue weighted by Crippen LogP contribution is -2.12. The molecule has 0 amide bonds. The topological polar surface area (TPSA) is 34.9 Å². The molecule has 0 bridgehead atoms. The minimum Gasteiger partial charge on any atom is -0.292 e.